The van der Waals surface area contributed by atoms with Gasteiger partial charge in [-0.05, 0) is 25.1 Å². The van der Waals surface area contributed by atoms with Gasteiger partial charge in [0.05, 0.1) is 24.1 Å². The third kappa shape index (κ3) is 3.55. The molecule has 6 nitrogen and oxygen atoms in total. The number of anilines is 1. The predicted molar refractivity (Wildman–Crippen MR) is 78.9 cm³/mol. The molecule has 0 aliphatic rings. The maximum Gasteiger partial charge on any atom is 0.243 e. The zero-order valence-electron chi connectivity index (χ0n) is 11.7. The van der Waals surface area contributed by atoms with Gasteiger partial charge in [0.2, 0.25) is 15.9 Å². The molecule has 0 saturated carbocycles. The number of rotatable bonds is 5. The Bertz CT molecular complexity index is 603. The van der Waals surface area contributed by atoms with E-state index in [0.717, 1.165) is 10.6 Å². The van der Waals surface area contributed by atoms with Crippen molar-refractivity contribution in [3.05, 3.63) is 23.2 Å². The number of hydrogen-bond donors (Lipinski definition) is 1. The molecule has 112 valence electrons. The van der Waals surface area contributed by atoms with Crippen molar-refractivity contribution in [1.82, 2.24) is 5.32 Å². The Hall–Kier alpha value is -1.47. The molecule has 0 aliphatic carbocycles. The fraction of sp³-hybridized carbons (Fsp3) is 0.417. The highest BCUT2D eigenvalue weighted by Gasteiger charge is 2.28. The molecule has 8 heteroatoms. The summed E-state index contributed by atoms with van der Waals surface area (Å²) in [4.78, 5) is 11.7. The van der Waals surface area contributed by atoms with Gasteiger partial charge in [-0.25, -0.2) is 8.42 Å². The molecule has 0 saturated heterocycles. The van der Waals surface area contributed by atoms with E-state index in [1.165, 1.54) is 33.2 Å². The number of halogens is 1. The Morgan fingerprint density at radius 1 is 1.45 bits per heavy atom. The first kappa shape index (κ1) is 16.6. The lowest BCUT2D eigenvalue weighted by molar-refractivity contribution is -0.121. The topological polar surface area (TPSA) is 75.7 Å². The van der Waals surface area contributed by atoms with Crippen molar-refractivity contribution in [2.45, 2.75) is 13.0 Å². The Morgan fingerprint density at radius 2 is 2.05 bits per heavy atom. The van der Waals surface area contributed by atoms with Gasteiger partial charge in [-0.15, -0.1) is 0 Å². The van der Waals surface area contributed by atoms with Gasteiger partial charge in [0.25, 0.3) is 0 Å². The average Bonchev–Trinajstić information content (AvgIpc) is 2.36. The summed E-state index contributed by atoms with van der Waals surface area (Å²) in [5.74, 6) is 0.0128. The average molecular weight is 321 g/mol. The summed E-state index contributed by atoms with van der Waals surface area (Å²) < 4.78 is 29.9. The molecule has 1 aromatic carbocycles. The highest BCUT2D eigenvalue weighted by atomic mass is 35.5. The molecule has 1 amide bonds. The van der Waals surface area contributed by atoms with Crippen molar-refractivity contribution >= 4 is 33.2 Å². The van der Waals surface area contributed by atoms with E-state index in [4.69, 9.17) is 16.3 Å². The molecule has 1 atom stereocenters. The molecule has 0 bridgehead atoms. The van der Waals surface area contributed by atoms with Gasteiger partial charge in [-0.2, -0.15) is 0 Å². The summed E-state index contributed by atoms with van der Waals surface area (Å²) in [5, 5.41) is 2.69. The van der Waals surface area contributed by atoms with Crippen molar-refractivity contribution in [3.63, 3.8) is 0 Å². The third-order valence-electron chi connectivity index (χ3n) is 2.72. The monoisotopic (exact) mass is 320 g/mol. The van der Waals surface area contributed by atoms with Crippen molar-refractivity contribution in [1.29, 1.82) is 0 Å². The minimum atomic E-state index is -3.64. The number of benzene rings is 1. The van der Waals surface area contributed by atoms with Gasteiger partial charge in [0, 0.05) is 7.05 Å². The van der Waals surface area contributed by atoms with Gasteiger partial charge < -0.3 is 10.1 Å². The molecule has 1 N–H and O–H groups in total. The van der Waals surface area contributed by atoms with E-state index in [2.05, 4.69) is 5.32 Å². The summed E-state index contributed by atoms with van der Waals surface area (Å²) in [5.41, 5.74) is 0.300. The number of amides is 1. The largest absolute Gasteiger partial charge is 0.495 e. The number of hydrogen-bond acceptors (Lipinski definition) is 4. The molecule has 1 rings (SSSR count). The molecular formula is C12H17ClN2O4S. The maximum absolute atomic E-state index is 11.9. The van der Waals surface area contributed by atoms with Crippen LogP contribution in [0, 0.1) is 0 Å². The van der Waals surface area contributed by atoms with Crippen LogP contribution in [0.2, 0.25) is 5.02 Å². The number of methoxy groups -OCH3 is 1. The second-order valence-electron chi connectivity index (χ2n) is 4.17. The standard InChI is InChI=1S/C12H17ClN2O4S/c1-8(12(16)14-2)15(20(4,17)18)9-5-6-11(19-3)10(13)7-9/h5-8H,1-4H3,(H,14,16)/t8-/m0/s1. The second-order valence-corrected chi connectivity index (χ2v) is 6.43. The smallest absolute Gasteiger partial charge is 0.243 e. The number of ether oxygens (including phenoxy) is 1. The Labute approximate surface area is 123 Å². The van der Waals surface area contributed by atoms with Crippen molar-refractivity contribution in [2.24, 2.45) is 0 Å². The quantitative estimate of drug-likeness (QED) is 0.886. The highest BCUT2D eigenvalue weighted by molar-refractivity contribution is 7.92. The third-order valence-corrected chi connectivity index (χ3v) is 4.26. The summed E-state index contributed by atoms with van der Waals surface area (Å²) in [6.07, 6.45) is 1.03. The normalized spacial score (nSPS) is 12.7. The van der Waals surface area contributed by atoms with E-state index in [-0.39, 0.29) is 5.02 Å². The molecule has 0 aromatic heterocycles. The van der Waals surface area contributed by atoms with Crippen molar-refractivity contribution < 1.29 is 17.9 Å². The molecule has 1 aromatic rings. The van der Waals surface area contributed by atoms with Crippen LogP contribution in [0.3, 0.4) is 0 Å². The van der Waals surface area contributed by atoms with Crippen LogP contribution in [0.15, 0.2) is 18.2 Å². The number of nitrogens with one attached hydrogen (secondary N) is 1. The Balaban J connectivity index is 3.33. The SMILES string of the molecule is CNC(=O)[C@H](C)N(c1ccc(OC)c(Cl)c1)S(C)(=O)=O. The molecule has 20 heavy (non-hydrogen) atoms. The van der Waals surface area contributed by atoms with Gasteiger partial charge in [0.1, 0.15) is 11.8 Å². The number of likely N-dealkylation sites (N-methyl/N-ethyl adjacent to an activating group) is 1. The van der Waals surface area contributed by atoms with E-state index in [0.29, 0.717) is 11.4 Å². The summed E-state index contributed by atoms with van der Waals surface area (Å²) in [7, 11) is -0.730. The number of carbonyl (C=O) groups excluding carboxylic acids is 1. The zero-order valence-corrected chi connectivity index (χ0v) is 13.2. The molecular weight excluding hydrogens is 304 g/mol. The van der Waals surface area contributed by atoms with Gasteiger partial charge >= 0.3 is 0 Å². The number of carbonyl (C=O) groups is 1. The minimum absolute atomic E-state index is 0.266. The van der Waals surface area contributed by atoms with E-state index in [9.17, 15) is 13.2 Å². The molecule has 0 fully saturated rings. The minimum Gasteiger partial charge on any atom is -0.495 e. The first-order valence-corrected chi connectivity index (χ1v) is 7.99. The highest BCUT2D eigenvalue weighted by Crippen LogP contribution is 2.31. The lowest BCUT2D eigenvalue weighted by Crippen LogP contribution is -2.46. The second kappa shape index (κ2) is 6.32. The lowest BCUT2D eigenvalue weighted by atomic mass is 10.2. The van der Waals surface area contributed by atoms with Crippen LogP contribution in [0.1, 0.15) is 6.92 Å². The van der Waals surface area contributed by atoms with Gasteiger partial charge in [0.15, 0.2) is 0 Å². The van der Waals surface area contributed by atoms with Crippen LogP contribution in [-0.2, 0) is 14.8 Å². The van der Waals surface area contributed by atoms with Crippen LogP contribution in [-0.4, -0.2) is 40.8 Å². The summed E-state index contributed by atoms with van der Waals surface area (Å²) in [6.45, 7) is 1.50. The fourth-order valence-electron chi connectivity index (χ4n) is 1.81. The van der Waals surface area contributed by atoms with Crippen molar-refractivity contribution in [3.8, 4) is 5.75 Å². The number of sulfonamides is 1. The summed E-state index contributed by atoms with van der Waals surface area (Å²) in [6, 6.07) is 3.64. The lowest BCUT2D eigenvalue weighted by Gasteiger charge is -2.28. The first-order chi connectivity index (χ1) is 9.22. The molecule has 0 unspecified atom stereocenters. The molecule has 0 heterocycles. The Kier molecular flexibility index (Phi) is 5.24. The van der Waals surface area contributed by atoms with Crippen LogP contribution < -0.4 is 14.4 Å². The van der Waals surface area contributed by atoms with E-state index in [1.54, 1.807) is 6.07 Å². The molecule has 0 radical (unpaired) electrons. The van der Waals surface area contributed by atoms with Crippen LogP contribution in [0.25, 0.3) is 0 Å². The van der Waals surface area contributed by atoms with Gasteiger partial charge in [-0.1, -0.05) is 11.6 Å². The van der Waals surface area contributed by atoms with Gasteiger partial charge in [-0.3, -0.25) is 9.10 Å². The van der Waals surface area contributed by atoms with Crippen molar-refractivity contribution in [2.75, 3.05) is 24.7 Å². The zero-order chi connectivity index (χ0) is 15.5. The van der Waals surface area contributed by atoms with E-state index in [1.807, 2.05) is 0 Å². The summed E-state index contributed by atoms with van der Waals surface area (Å²) >= 11 is 5.99. The van der Waals surface area contributed by atoms with E-state index < -0.39 is 22.0 Å². The van der Waals surface area contributed by atoms with E-state index >= 15 is 0 Å². The predicted octanol–water partition coefficient (Wildman–Crippen LogP) is 1.25. The molecule has 0 spiro atoms. The fourth-order valence-corrected chi connectivity index (χ4v) is 3.23. The van der Waals surface area contributed by atoms with Crippen LogP contribution in [0.4, 0.5) is 5.69 Å². The van der Waals surface area contributed by atoms with Crippen LogP contribution in [0.5, 0.6) is 5.75 Å². The number of nitrogens with zero attached hydrogens (tertiary/aromatic N) is 1. The van der Waals surface area contributed by atoms with Crippen LogP contribution >= 0.6 is 11.6 Å². The maximum atomic E-state index is 11.9. The molecule has 0 aliphatic heterocycles. The first-order valence-electron chi connectivity index (χ1n) is 5.77. The Morgan fingerprint density at radius 3 is 2.45 bits per heavy atom.